The molecule has 1 N–H and O–H groups in total. The molecule has 0 aliphatic rings. The lowest BCUT2D eigenvalue weighted by Gasteiger charge is -2.31. The Hall–Kier alpha value is -3.43. The number of hydrogen-bond donors (Lipinski definition) is 1. The largest absolute Gasteiger partial charge is 0.462 e. The summed E-state index contributed by atoms with van der Waals surface area (Å²) in [6.07, 6.45) is -4.66. The highest BCUT2D eigenvalue weighted by atomic mass is 16.6. The van der Waals surface area contributed by atoms with Crippen LogP contribution < -0.4 is 5.32 Å². The number of hydrogen-bond acceptors (Lipinski definition) is 9. The van der Waals surface area contributed by atoms with Crippen LogP contribution in [0.15, 0.2) is 24.3 Å². The molecule has 1 aromatic carbocycles. The third-order valence-corrected chi connectivity index (χ3v) is 3.69. The number of aryl methyl sites for hydroxylation is 1. The number of anilines is 1. The van der Waals surface area contributed by atoms with E-state index in [2.05, 4.69) is 5.32 Å². The van der Waals surface area contributed by atoms with Crippen LogP contribution in [0.4, 0.5) is 5.69 Å². The van der Waals surface area contributed by atoms with E-state index in [0.717, 1.165) is 33.3 Å². The van der Waals surface area contributed by atoms with Gasteiger partial charge in [0.2, 0.25) is 6.10 Å². The highest BCUT2D eigenvalue weighted by molar-refractivity contribution is 5.96. The number of rotatable bonds is 9. The van der Waals surface area contributed by atoms with Gasteiger partial charge in [-0.15, -0.1) is 0 Å². The van der Waals surface area contributed by atoms with Crippen LogP contribution >= 0.6 is 0 Å². The third-order valence-electron chi connectivity index (χ3n) is 3.69. The van der Waals surface area contributed by atoms with Gasteiger partial charge in [-0.25, -0.2) is 0 Å². The van der Waals surface area contributed by atoms with E-state index < -0.39 is 54.7 Å². The summed E-state index contributed by atoms with van der Waals surface area (Å²) in [5.74, 6) is -3.98. The Morgan fingerprint density at radius 3 is 1.90 bits per heavy atom. The van der Waals surface area contributed by atoms with Crippen LogP contribution in [0, 0.1) is 6.92 Å². The van der Waals surface area contributed by atoms with Crippen molar-refractivity contribution < 1.29 is 42.9 Å². The highest BCUT2D eigenvalue weighted by Crippen LogP contribution is 2.19. The normalized spacial score (nSPS) is 13.2. The maximum absolute atomic E-state index is 12.9. The number of amides is 1. The molecule has 0 radical (unpaired) electrons. The van der Waals surface area contributed by atoms with Gasteiger partial charge in [0.25, 0.3) is 5.91 Å². The third kappa shape index (κ3) is 8.29. The van der Waals surface area contributed by atoms with Gasteiger partial charge in [-0.3, -0.25) is 24.0 Å². The molecule has 0 heterocycles. The predicted molar refractivity (Wildman–Crippen MR) is 103 cm³/mol. The second-order valence-electron chi connectivity index (χ2n) is 6.36. The number of carbonyl (C=O) groups excluding carboxylic acids is 5. The maximum Gasteiger partial charge on any atom is 0.303 e. The van der Waals surface area contributed by atoms with Crippen molar-refractivity contribution in [2.24, 2.45) is 0 Å². The molecule has 0 saturated heterocycles. The van der Waals surface area contributed by atoms with Crippen LogP contribution in [0.25, 0.3) is 0 Å². The fourth-order valence-electron chi connectivity index (χ4n) is 2.50. The zero-order valence-electron chi connectivity index (χ0n) is 17.4. The molecule has 30 heavy (non-hydrogen) atoms. The van der Waals surface area contributed by atoms with Gasteiger partial charge >= 0.3 is 23.9 Å². The summed E-state index contributed by atoms with van der Waals surface area (Å²) in [6, 6.07) is 6.84. The SMILES string of the molecule is CC(=O)OC[C@@H](OC(C)=O)[C@H](OC(C)=O)[C@H](OC(C)=O)C(=O)Nc1ccccc1C. The van der Waals surface area contributed by atoms with E-state index >= 15 is 0 Å². The Bertz CT molecular complexity index is 805. The standard InChI is InChI=1S/C20H25NO9/c1-11-8-6-7-9-16(11)21-20(26)19(30-15(5)25)18(29-14(4)24)17(28-13(3)23)10-27-12(2)22/h6-9,17-19H,10H2,1-5H3,(H,21,26)/t17-,18+,19+/m1/s1. The molecule has 1 rings (SSSR count). The van der Waals surface area contributed by atoms with Gasteiger partial charge in [-0.05, 0) is 18.6 Å². The van der Waals surface area contributed by atoms with Crippen molar-refractivity contribution in [3.63, 3.8) is 0 Å². The molecule has 1 aromatic rings. The Kier molecular flexibility index (Phi) is 9.47. The lowest BCUT2D eigenvalue weighted by Crippen LogP contribution is -2.52. The van der Waals surface area contributed by atoms with E-state index in [1.165, 1.54) is 0 Å². The molecule has 0 unspecified atom stereocenters. The first-order valence-corrected chi connectivity index (χ1v) is 9.02. The topological polar surface area (TPSA) is 134 Å². The van der Waals surface area contributed by atoms with Gasteiger partial charge in [0.15, 0.2) is 12.2 Å². The minimum Gasteiger partial charge on any atom is -0.462 e. The molecule has 1 amide bonds. The smallest absolute Gasteiger partial charge is 0.303 e. The van der Waals surface area contributed by atoms with Crippen molar-refractivity contribution in [3.8, 4) is 0 Å². The van der Waals surface area contributed by atoms with Gasteiger partial charge in [0.05, 0.1) is 0 Å². The van der Waals surface area contributed by atoms with E-state index in [1.54, 1.807) is 31.2 Å². The molecule has 0 fully saturated rings. The van der Waals surface area contributed by atoms with Gasteiger partial charge in [0, 0.05) is 33.4 Å². The van der Waals surface area contributed by atoms with E-state index in [9.17, 15) is 24.0 Å². The van der Waals surface area contributed by atoms with Crippen molar-refractivity contribution in [1.82, 2.24) is 0 Å². The summed E-state index contributed by atoms with van der Waals surface area (Å²) >= 11 is 0. The zero-order chi connectivity index (χ0) is 22.8. The molecule has 0 spiro atoms. The summed E-state index contributed by atoms with van der Waals surface area (Å²) in [7, 11) is 0. The summed E-state index contributed by atoms with van der Waals surface area (Å²) in [4.78, 5) is 59.0. The molecule has 164 valence electrons. The number of nitrogens with one attached hydrogen (secondary N) is 1. The van der Waals surface area contributed by atoms with E-state index in [0.29, 0.717) is 5.69 Å². The summed E-state index contributed by atoms with van der Waals surface area (Å²) in [6.45, 7) is 5.56. The molecule has 10 heteroatoms. The second-order valence-corrected chi connectivity index (χ2v) is 6.36. The fourth-order valence-corrected chi connectivity index (χ4v) is 2.50. The number of para-hydroxylation sites is 1. The van der Waals surface area contributed by atoms with E-state index in [4.69, 9.17) is 18.9 Å². The van der Waals surface area contributed by atoms with Gasteiger partial charge in [-0.1, -0.05) is 18.2 Å². The minimum atomic E-state index is -1.69. The first-order valence-electron chi connectivity index (χ1n) is 9.02. The number of esters is 4. The molecular weight excluding hydrogens is 398 g/mol. The van der Waals surface area contributed by atoms with E-state index in [-0.39, 0.29) is 0 Å². The molecule has 3 atom stereocenters. The lowest BCUT2D eigenvalue weighted by atomic mass is 10.1. The molecule has 0 aromatic heterocycles. The lowest BCUT2D eigenvalue weighted by molar-refractivity contribution is -0.190. The maximum atomic E-state index is 12.9. The monoisotopic (exact) mass is 423 g/mol. The second kappa shape index (κ2) is 11.5. The quantitative estimate of drug-likeness (QED) is 0.460. The van der Waals surface area contributed by atoms with Crippen molar-refractivity contribution in [1.29, 1.82) is 0 Å². The van der Waals surface area contributed by atoms with Crippen LogP contribution in [-0.4, -0.2) is 54.7 Å². The molecular formula is C20H25NO9. The molecule has 0 saturated carbocycles. The number of ether oxygens (including phenoxy) is 4. The fraction of sp³-hybridized carbons (Fsp3) is 0.450. The number of benzene rings is 1. The van der Waals surface area contributed by atoms with Gasteiger partial charge in [-0.2, -0.15) is 0 Å². The van der Waals surface area contributed by atoms with E-state index in [1.807, 2.05) is 0 Å². The van der Waals surface area contributed by atoms with Crippen LogP contribution in [-0.2, 0) is 42.9 Å². The van der Waals surface area contributed by atoms with Crippen LogP contribution in [0.3, 0.4) is 0 Å². The molecule has 10 nitrogen and oxygen atoms in total. The first-order chi connectivity index (χ1) is 14.0. The van der Waals surface area contributed by atoms with Crippen LogP contribution in [0.1, 0.15) is 33.3 Å². The highest BCUT2D eigenvalue weighted by Gasteiger charge is 2.42. The first kappa shape index (κ1) is 24.6. The van der Waals surface area contributed by atoms with Crippen LogP contribution in [0.2, 0.25) is 0 Å². The van der Waals surface area contributed by atoms with Gasteiger partial charge in [0.1, 0.15) is 6.61 Å². The average molecular weight is 423 g/mol. The van der Waals surface area contributed by atoms with Crippen molar-refractivity contribution >= 4 is 35.5 Å². The Morgan fingerprint density at radius 2 is 1.40 bits per heavy atom. The number of carbonyl (C=O) groups is 5. The molecule has 0 bridgehead atoms. The van der Waals surface area contributed by atoms with Crippen molar-refractivity contribution in [2.75, 3.05) is 11.9 Å². The average Bonchev–Trinajstić information content (AvgIpc) is 2.62. The zero-order valence-corrected chi connectivity index (χ0v) is 17.4. The molecule has 0 aliphatic heterocycles. The van der Waals surface area contributed by atoms with Crippen molar-refractivity contribution in [3.05, 3.63) is 29.8 Å². The Balaban J connectivity index is 3.30. The van der Waals surface area contributed by atoms with Gasteiger partial charge < -0.3 is 24.3 Å². The van der Waals surface area contributed by atoms with Crippen LogP contribution in [0.5, 0.6) is 0 Å². The summed E-state index contributed by atoms with van der Waals surface area (Å²) in [5, 5.41) is 2.59. The minimum absolute atomic E-state index is 0.435. The predicted octanol–water partition coefficient (Wildman–Crippen LogP) is 1.29. The Labute approximate surface area is 173 Å². The summed E-state index contributed by atoms with van der Waals surface area (Å²) in [5.41, 5.74) is 1.16. The Morgan fingerprint density at radius 1 is 0.833 bits per heavy atom. The molecule has 0 aliphatic carbocycles. The van der Waals surface area contributed by atoms with Crippen molar-refractivity contribution in [2.45, 2.75) is 52.9 Å². The summed E-state index contributed by atoms with van der Waals surface area (Å²) < 4.78 is 20.2.